The number of hydrogen-bond acceptors (Lipinski definition) is 28. The number of nitrogens with zero attached hydrogens (tertiary/aromatic N) is 22. The number of nitrogens with one attached hydrogen (secondary N) is 8. The smallest absolute Gasteiger partial charge is 0.233 e. The minimum Gasteiger partial charge on any atom is -0.463 e. The maximum Gasteiger partial charge on any atom is 0.233 e. The van der Waals surface area contributed by atoms with Gasteiger partial charge in [-0.3, -0.25) is 30.4 Å². The summed E-state index contributed by atoms with van der Waals surface area (Å²) in [7, 11) is 0. The largest absolute Gasteiger partial charge is 0.463 e. The average molecular weight is 1660 g/mol. The second-order valence-electron chi connectivity index (χ2n) is 28.7. The minimum atomic E-state index is -0.597. The third-order valence-corrected chi connectivity index (χ3v) is 20.8. The van der Waals surface area contributed by atoms with Crippen LogP contribution in [0.1, 0.15) is 122 Å². The molecule has 8 N–H and O–H groups in total. The van der Waals surface area contributed by atoms with E-state index in [9.17, 15) is 35.1 Å². The molecule has 5 aliphatic heterocycles. The Morgan fingerprint density at radius 3 is 1.16 bits per heavy atom. The van der Waals surface area contributed by atoms with Gasteiger partial charge in [0.1, 0.15) is 77.5 Å². The average Bonchev–Trinajstić information content (AvgIpc) is 1.62. The zero-order chi connectivity index (χ0) is 83.4. The van der Waals surface area contributed by atoms with E-state index in [0.29, 0.717) is 131 Å². The van der Waals surface area contributed by atoms with Crippen molar-refractivity contribution < 1.29 is 44.3 Å². The molecule has 122 heavy (non-hydrogen) atoms. The Balaban J connectivity index is 0.000000116. The first-order chi connectivity index (χ1) is 59.7. The minimum absolute atomic E-state index is 0.0398. The molecule has 0 spiro atoms. The van der Waals surface area contributed by atoms with Gasteiger partial charge in [-0.2, -0.15) is 40.3 Å². The SMILES string of the molecule is Fc1ccc(C2CCCN2c2ncnc(Nc3cc(-c4ccccn4)[nH]n3)n2)c(F)c1.Fc1ccc(C2CCCN2c2ncnc(Nc3cc(-c4cccnc4)[nH]n3)n2)c(F)c1.Fc1ccc(C2CCCN2c2ncnc(Nc3cc(-c4ccco4)[nH]n3)n2)c(F)c1.Fc1ccc(C2CCCN2c2ncnc(Nc3cc(C4CCCO4)[nH]n3)n2)c(F)c1. The van der Waals surface area contributed by atoms with Crippen molar-refractivity contribution in [2.75, 3.05) is 73.7 Å². The van der Waals surface area contributed by atoms with E-state index in [0.717, 1.165) is 123 Å². The highest BCUT2D eigenvalue weighted by atomic mass is 19.2. The zero-order valence-electron chi connectivity index (χ0n) is 64.6. The third kappa shape index (κ3) is 18.7. The predicted molar refractivity (Wildman–Crippen MR) is 432 cm³/mol. The van der Waals surface area contributed by atoms with Crippen LogP contribution in [0.2, 0.25) is 0 Å². The molecule has 620 valence electrons. The molecule has 20 rings (SSSR count). The van der Waals surface area contributed by atoms with E-state index >= 15 is 0 Å². The van der Waals surface area contributed by atoms with Gasteiger partial charge < -0.3 is 50.0 Å². The number of hydrogen-bond donors (Lipinski definition) is 8. The molecule has 5 atom stereocenters. The fourth-order valence-corrected chi connectivity index (χ4v) is 15.2. The van der Waals surface area contributed by atoms with Crippen molar-refractivity contribution >= 4 is 70.9 Å². The Labute approximate surface area is 689 Å². The van der Waals surface area contributed by atoms with Gasteiger partial charge in [-0.1, -0.05) is 30.3 Å². The number of pyridine rings is 2. The van der Waals surface area contributed by atoms with Crippen molar-refractivity contribution in [1.29, 1.82) is 0 Å². The topological polar surface area (TPSA) is 379 Å². The first-order valence-electron chi connectivity index (χ1n) is 39.1. The Kier molecular flexibility index (Phi) is 23.9. The summed E-state index contributed by atoms with van der Waals surface area (Å²) < 4.78 is 122. The highest BCUT2D eigenvalue weighted by Gasteiger charge is 2.36. The van der Waals surface area contributed by atoms with Crippen molar-refractivity contribution in [3.05, 3.63) is 264 Å². The number of ether oxygens (including phenoxy) is 1. The Morgan fingerprint density at radius 2 is 0.770 bits per heavy atom. The van der Waals surface area contributed by atoms with Crippen LogP contribution < -0.4 is 40.9 Å². The molecule has 5 aliphatic rings. The third-order valence-electron chi connectivity index (χ3n) is 20.8. The van der Waals surface area contributed by atoms with Crippen molar-refractivity contribution in [3.8, 4) is 34.1 Å². The molecule has 16 heterocycles. The summed E-state index contributed by atoms with van der Waals surface area (Å²) in [5, 5.41) is 40.8. The van der Waals surface area contributed by atoms with E-state index in [1.54, 1.807) is 43.1 Å². The molecule has 0 radical (unpaired) electrons. The number of halogens is 8. The molecule has 5 unspecified atom stereocenters. The summed E-state index contributed by atoms with van der Waals surface area (Å²) in [6.45, 7) is 3.43. The lowest BCUT2D eigenvalue weighted by molar-refractivity contribution is 0.108. The van der Waals surface area contributed by atoms with Crippen LogP contribution in [-0.4, -0.2) is 143 Å². The zero-order valence-corrected chi connectivity index (χ0v) is 64.6. The van der Waals surface area contributed by atoms with Crippen LogP contribution in [0, 0.1) is 46.5 Å². The summed E-state index contributed by atoms with van der Waals surface area (Å²) in [5.74, 6) is 1.17. The van der Waals surface area contributed by atoms with Gasteiger partial charge in [0.15, 0.2) is 29.0 Å². The van der Waals surface area contributed by atoms with Crippen molar-refractivity contribution in [1.82, 2.24) is 111 Å². The Hall–Kier alpha value is -14.9. The predicted octanol–water partition coefficient (Wildman–Crippen LogP) is 16.1. The highest BCUT2D eigenvalue weighted by molar-refractivity contribution is 5.65. The Bertz CT molecular complexity index is 5860. The number of H-pyrrole nitrogens is 4. The number of rotatable bonds is 20. The summed E-state index contributed by atoms with van der Waals surface area (Å²) in [4.78, 5) is 67.7. The van der Waals surface area contributed by atoms with Crippen LogP contribution >= 0.6 is 0 Å². The molecular weight excluding hydrogens is 1590 g/mol. The number of furan rings is 1. The van der Waals surface area contributed by atoms with E-state index in [4.69, 9.17) is 9.15 Å². The molecule has 0 saturated carbocycles. The maximum absolute atomic E-state index is 14.4. The monoisotopic (exact) mass is 1660 g/mol. The first-order valence-corrected chi connectivity index (χ1v) is 39.1. The second-order valence-corrected chi connectivity index (χ2v) is 28.7. The molecule has 5 fully saturated rings. The number of anilines is 12. The second kappa shape index (κ2) is 36.6. The van der Waals surface area contributed by atoms with Crippen LogP contribution in [0.5, 0.6) is 0 Å². The molecule has 0 bridgehead atoms. The van der Waals surface area contributed by atoms with Crippen molar-refractivity contribution in [2.24, 2.45) is 0 Å². The molecule has 0 aliphatic carbocycles. The van der Waals surface area contributed by atoms with Crippen molar-refractivity contribution in [3.63, 3.8) is 0 Å². The van der Waals surface area contributed by atoms with Gasteiger partial charge in [0.25, 0.3) is 0 Å². The quantitative estimate of drug-likeness (QED) is 0.0329. The lowest BCUT2D eigenvalue weighted by Crippen LogP contribution is -2.25. The summed E-state index contributed by atoms with van der Waals surface area (Å²) in [5.41, 5.74) is 6.58. The lowest BCUT2D eigenvalue weighted by Gasteiger charge is -2.25. The van der Waals surface area contributed by atoms with Gasteiger partial charge in [0, 0.05) is 128 Å². The standard InChI is InChI=1S/2C21H18F2N8.C20H21F2N7O.C20H17F2N7O/c22-14-5-6-15(16(23)9-14)18-4-2-8-31(18)21-26-12-25-20(28-21)27-19-10-17(29-30-19)13-3-1-7-24-11-13;22-13-6-7-14(15(23)10-13)18-5-3-9-31(18)21-26-12-25-20(28-21)27-19-11-17(29-30-19)16-4-1-2-8-24-16;2*21-12-5-6-13(14(22)9-12)16-3-1-7-29(16)20-24-11-23-19(26-20)25-18-10-15(27-28-18)17-4-2-8-30-17/h1,3,5-7,9-12,18H,2,4,8H2,(H2,25,26,27,28,29,30);1-2,4,6-8,10-12,18H,3,5,9H2,(H2,25,26,27,28,29,30);5-6,9-11,16-17H,1-4,7-8H2,(H2,23,24,25,26,27,28);2,4-6,8-11,16H,1,3,7H2,(H2,23,24,25,26,27,28). The van der Waals surface area contributed by atoms with Crippen LogP contribution in [0.3, 0.4) is 0 Å². The summed E-state index contributed by atoms with van der Waals surface area (Å²) >= 11 is 0. The molecule has 40 heteroatoms. The number of aromatic nitrogens is 22. The van der Waals surface area contributed by atoms with Gasteiger partial charge >= 0.3 is 0 Å². The molecular formula is C82H74F8N30O2. The van der Waals surface area contributed by atoms with Gasteiger partial charge in [0.05, 0.1) is 59.3 Å². The lowest BCUT2D eigenvalue weighted by atomic mass is 10.0. The molecule has 15 aromatic rings. The van der Waals surface area contributed by atoms with Crippen LogP contribution in [0.4, 0.5) is 106 Å². The number of aromatic amines is 4. The molecule has 4 aromatic carbocycles. The summed E-state index contributed by atoms with van der Waals surface area (Å²) in [6, 6.07) is 33.9. The van der Waals surface area contributed by atoms with Gasteiger partial charge in [0.2, 0.25) is 47.6 Å². The maximum atomic E-state index is 14.4. The molecule has 5 saturated heterocycles. The Morgan fingerprint density at radius 1 is 0.361 bits per heavy atom. The van der Waals surface area contributed by atoms with E-state index in [1.165, 1.54) is 73.8 Å². The van der Waals surface area contributed by atoms with E-state index < -0.39 is 46.5 Å². The van der Waals surface area contributed by atoms with Crippen LogP contribution in [0.25, 0.3) is 34.1 Å². The fourth-order valence-electron chi connectivity index (χ4n) is 15.2. The summed E-state index contributed by atoms with van der Waals surface area (Å²) in [6.07, 6.45) is 20.7. The normalized spacial score (nSPS) is 17.3. The molecule has 32 nitrogen and oxygen atoms in total. The van der Waals surface area contributed by atoms with Crippen LogP contribution in [-0.2, 0) is 4.74 Å². The molecule has 11 aromatic heterocycles. The molecule has 0 amide bonds. The van der Waals surface area contributed by atoms with Gasteiger partial charge in [-0.05, 0) is 125 Å². The van der Waals surface area contributed by atoms with Gasteiger partial charge in [-0.25, -0.2) is 75.0 Å². The van der Waals surface area contributed by atoms with Crippen LogP contribution in [0.15, 0.2) is 194 Å². The van der Waals surface area contributed by atoms with E-state index in [-0.39, 0.29) is 30.3 Å². The number of benzene rings is 4. The fraction of sp³-hybridized carbons (Fsp3) is 0.244. The van der Waals surface area contributed by atoms with E-state index in [1.807, 2.05) is 68.1 Å². The highest BCUT2D eigenvalue weighted by Crippen LogP contribution is 2.42. The van der Waals surface area contributed by atoms with Gasteiger partial charge in [-0.15, -0.1) is 0 Å². The van der Waals surface area contributed by atoms with Crippen molar-refractivity contribution in [2.45, 2.75) is 94.5 Å². The first kappa shape index (κ1) is 79.6. The van der Waals surface area contributed by atoms with E-state index in [2.05, 4.69) is 132 Å².